The minimum Gasteiger partial charge on any atom is -0.458 e. The first-order valence-electron chi connectivity index (χ1n) is 30.4. The third kappa shape index (κ3) is 10.7. The number of allylic oxidation sites excluding steroid dienone is 1. The van der Waals surface area contributed by atoms with Crippen LogP contribution in [-0.2, 0) is 14.3 Å². The molecule has 6 heteroatoms. The van der Waals surface area contributed by atoms with Crippen molar-refractivity contribution in [3.63, 3.8) is 0 Å². The number of carbonyl (C=O) groups excluding carboxylic acids is 3. The summed E-state index contributed by atoms with van der Waals surface area (Å²) in [6.07, 6.45) is 27.1. The van der Waals surface area contributed by atoms with Crippen molar-refractivity contribution in [2.45, 2.75) is 216 Å². The largest absolute Gasteiger partial charge is 0.458 e. The Morgan fingerprint density at radius 1 is 0.554 bits per heavy atom. The summed E-state index contributed by atoms with van der Waals surface area (Å²) in [4.78, 5) is 39.2. The molecule has 10 rings (SSSR count). The molecule has 0 spiro atoms. The van der Waals surface area contributed by atoms with Crippen LogP contribution in [0.3, 0.4) is 0 Å². The van der Waals surface area contributed by atoms with Crippen molar-refractivity contribution in [2.24, 2.45) is 92.7 Å². The molecule has 2 aromatic carbocycles. The van der Waals surface area contributed by atoms with E-state index in [0.29, 0.717) is 63.8 Å². The van der Waals surface area contributed by atoms with Gasteiger partial charge >= 0.3 is 11.9 Å². The van der Waals surface area contributed by atoms with Gasteiger partial charge in [0.15, 0.2) is 5.78 Å². The van der Waals surface area contributed by atoms with Crippen molar-refractivity contribution in [3.8, 4) is 0 Å². The first-order valence-corrected chi connectivity index (χ1v) is 30.4. The quantitative estimate of drug-likeness (QED) is 0.150. The maximum atomic E-state index is 13.8. The molecule has 406 valence electrons. The Balaban J connectivity index is 0.000000182. The number of aliphatic hydroxyl groups is 1. The summed E-state index contributed by atoms with van der Waals surface area (Å²) >= 11 is 0. The lowest BCUT2D eigenvalue weighted by molar-refractivity contribution is -0.135. The van der Waals surface area contributed by atoms with E-state index in [0.717, 1.165) is 67.6 Å². The van der Waals surface area contributed by atoms with E-state index in [4.69, 9.17) is 9.47 Å². The summed E-state index contributed by atoms with van der Waals surface area (Å²) in [6, 6.07) is 18.6. The van der Waals surface area contributed by atoms with Gasteiger partial charge in [0.1, 0.15) is 12.2 Å². The van der Waals surface area contributed by atoms with Gasteiger partial charge in [-0.15, -0.1) is 0 Å². The second-order valence-corrected chi connectivity index (χ2v) is 28.0. The Kier molecular flexibility index (Phi) is 16.8. The van der Waals surface area contributed by atoms with Gasteiger partial charge in [0.05, 0.1) is 17.2 Å². The summed E-state index contributed by atoms with van der Waals surface area (Å²) in [5.41, 5.74) is 4.68. The van der Waals surface area contributed by atoms with Gasteiger partial charge in [-0.05, 0) is 194 Å². The van der Waals surface area contributed by atoms with Crippen molar-refractivity contribution in [1.82, 2.24) is 0 Å². The van der Waals surface area contributed by atoms with Crippen molar-refractivity contribution in [2.75, 3.05) is 0 Å². The summed E-state index contributed by atoms with van der Waals surface area (Å²) in [6.45, 7) is 24.3. The average molecular weight is 1010 g/mol. The molecule has 1 N–H and O–H groups in total. The van der Waals surface area contributed by atoms with Crippen LogP contribution >= 0.6 is 0 Å². The maximum absolute atomic E-state index is 13.8. The van der Waals surface area contributed by atoms with Crippen LogP contribution in [0.15, 0.2) is 84.0 Å². The third-order valence-electron chi connectivity index (χ3n) is 23.0. The average Bonchev–Trinajstić information content (AvgIpc) is 3.92. The van der Waals surface area contributed by atoms with Crippen molar-refractivity contribution < 1.29 is 29.0 Å². The van der Waals surface area contributed by atoms with E-state index in [2.05, 4.69) is 75.3 Å². The van der Waals surface area contributed by atoms with Gasteiger partial charge in [0, 0.05) is 18.8 Å². The molecule has 0 radical (unpaired) electrons. The Bertz CT molecular complexity index is 2330. The number of ketones is 1. The van der Waals surface area contributed by atoms with Crippen LogP contribution in [0.1, 0.15) is 218 Å². The first-order chi connectivity index (χ1) is 35.3. The number of aliphatic hydroxyl groups excluding tert-OH is 1. The summed E-state index contributed by atoms with van der Waals surface area (Å²) < 4.78 is 11.9. The van der Waals surface area contributed by atoms with E-state index in [9.17, 15) is 19.5 Å². The molecule has 0 bridgehead atoms. The van der Waals surface area contributed by atoms with E-state index >= 15 is 0 Å². The number of hydrogen-bond donors (Lipinski definition) is 1. The fourth-order valence-electron chi connectivity index (χ4n) is 18.8. The second-order valence-electron chi connectivity index (χ2n) is 28.0. The number of carbonyl (C=O) groups is 3. The second kappa shape index (κ2) is 22.5. The number of hydrogen-bond acceptors (Lipinski definition) is 6. The van der Waals surface area contributed by atoms with Gasteiger partial charge in [0.25, 0.3) is 0 Å². The molecule has 6 fully saturated rings. The van der Waals surface area contributed by atoms with Gasteiger partial charge < -0.3 is 14.6 Å². The third-order valence-corrected chi connectivity index (χ3v) is 23.0. The molecule has 17 unspecified atom stereocenters. The van der Waals surface area contributed by atoms with E-state index in [1.165, 1.54) is 101 Å². The number of esters is 2. The van der Waals surface area contributed by atoms with Gasteiger partial charge in [0.2, 0.25) is 0 Å². The maximum Gasteiger partial charge on any atom is 0.338 e. The number of rotatable bonds is 14. The van der Waals surface area contributed by atoms with Crippen LogP contribution in [0.25, 0.3) is 0 Å². The number of ether oxygens (including phenoxy) is 2. The molecular formula is C68H98O6. The molecular weight excluding hydrogens is 913 g/mol. The summed E-state index contributed by atoms with van der Waals surface area (Å²) in [5.74, 6) is 7.26. The zero-order valence-electron chi connectivity index (χ0n) is 47.7. The minimum absolute atomic E-state index is 0.0660. The lowest BCUT2D eigenvalue weighted by atomic mass is 9.46. The zero-order valence-corrected chi connectivity index (χ0v) is 47.7. The van der Waals surface area contributed by atoms with Gasteiger partial charge in [-0.25, -0.2) is 9.59 Å². The predicted octanol–water partition coefficient (Wildman–Crippen LogP) is 16.7. The minimum atomic E-state index is -0.365. The smallest absolute Gasteiger partial charge is 0.338 e. The van der Waals surface area contributed by atoms with Crippen LogP contribution < -0.4 is 0 Å². The van der Waals surface area contributed by atoms with Crippen LogP contribution in [0, 0.1) is 92.7 Å². The molecule has 17 atom stereocenters. The normalized spacial score (nSPS) is 38.8. The van der Waals surface area contributed by atoms with Crippen molar-refractivity contribution in [1.29, 1.82) is 0 Å². The molecule has 0 saturated heterocycles. The van der Waals surface area contributed by atoms with E-state index in [-0.39, 0.29) is 47.0 Å². The topological polar surface area (TPSA) is 89.9 Å². The van der Waals surface area contributed by atoms with Crippen LogP contribution in [0.5, 0.6) is 0 Å². The Morgan fingerprint density at radius 2 is 1.01 bits per heavy atom. The van der Waals surface area contributed by atoms with Gasteiger partial charge in [-0.2, -0.15) is 0 Å². The standard InChI is InChI=1S/C34H50O3.C34H48O3/c2*1-22(2)10-9-11-23(3)27-14-15-28-31-29(17-19-34(27,28)5)33(4)18-16-26(20-25(33)21-30(31)35)37-32(36)24-12-7-6-8-13-24/h6-8,12-13,21-23,26-31,35H,9-11,14-20H2,1-5H3;6-8,12-13,21-23,26-29,31H,9-11,14-20H2,1-5H3. The van der Waals surface area contributed by atoms with Crippen LogP contribution in [0.4, 0.5) is 0 Å². The summed E-state index contributed by atoms with van der Waals surface area (Å²) in [7, 11) is 0. The Labute approximate surface area is 448 Å². The van der Waals surface area contributed by atoms with E-state index < -0.39 is 0 Å². The highest BCUT2D eigenvalue weighted by molar-refractivity contribution is 5.95. The summed E-state index contributed by atoms with van der Waals surface area (Å²) in [5, 5.41) is 11.6. The molecule has 8 aliphatic carbocycles. The molecule has 8 aliphatic rings. The highest BCUT2D eigenvalue weighted by Crippen LogP contribution is 2.69. The fraction of sp³-hybridized carbons (Fsp3) is 0.721. The molecule has 0 aromatic heterocycles. The Hall–Kier alpha value is -3.51. The van der Waals surface area contributed by atoms with Gasteiger partial charge in [-0.3, -0.25) is 4.79 Å². The zero-order chi connectivity index (χ0) is 52.7. The highest BCUT2D eigenvalue weighted by Gasteiger charge is 2.63. The predicted molar refractivity (Wildman–Crippen MR) is 299 cm³/mol. The SMILES string of the molecule is CC(C)CCCC(C)C1CCC2C3C(=O)C=C4CC(OC(=O)c5ccccc5)CCC4(C)C3CCC12C.CC(C)CCCC(C)C1CCC2C3C(O)C=C4CC(OC(=O)c5ccccc5)CCC4(C)C3CCC12C. The first kappa shape index (κ1) is 55.3. The van der Waals surface area contributed by atoms with Crippen molar-refractivity contribution in [3.05, 3.63) is 95.1 Å². The lowest BCUT2D eigenvalue weighted by Gasteiger charge is -2.59. The number of benzene rings is 2. The molecule has 0 aliphatic heterocycles. The van der Waals surface area contributed by atoms with Crippen LogP contribution in [0.2, 0.25) is 0 Å². The lowest BCUT2D eigenvalue weighted by Crippen LogP contribution is -2.55. The fourth-order valence-corrected chi connectivity index (χ4v) is 18.8. The molecule has 0 heterocycles. The monoisotopic (exact) mass is 1010 g/mol. The van der Waals surface area contributed by atoms with E-state index in [1.807, 2.05) is 66.7 Å². The molecule has 74 heavy (non-hydrogen) atoms. The highest BCUT2D eigenvalue weighted by atomic mass is 16.5. The molecule has 6 saturated carbocycles. The van der Waals surface area contributed by atoms with Crippen LogP contribution in [-0.4, -0.2) is 41.1 Å². The number of fused-ring (bicyclic) bond motifs is 10. The molecule has 2 aromatic rings. The molecule has 6 nitrogen and oxygen atoms in total. The molecule has 0 amide bonds. The van der Waals surface area contributed by atoms with Gasteiger partial charge in [-0.1, -0.05) is 161 Å². The Morgan fingerprint density at radius 3 is 1.53 bits per heavy atom. The van der Waals surface area contributed by atoms with E-state index in [1.54, 1.807) is 0 Å². The van der Waals surface area contributed by atoms with Crippen molar-refractivity contribution >= 4 is 17.7 Å².